The minimum absolute atomic E-state index is 0.0152. The summed E-state index contributed by atoms with van der Waals surface area (Å²) in [7, 11) is -1.59. The highest BCUT2D eigenvalue weighted by atomic mass is 32.2. The molecular formula is C32H43N9O5S. The van der Waals surface area contributed by atoms with E-state index >= 15 is 0 Å². The normalized spacial score (nSPS) is 16.2. The van der Waals surface area contributed by atoms with Crippen LogP contribution in [0.3, 0.4) is 0 Å². The predicted octanol–water partition coefficient (Wildman–Crippen LogP) is 3.98. The lowest BCUT2D eigenvalue weighted by Crippen LogP contribution is -2.50. The van der Waals surface area contributed by atoms with Crippen LogP contribution in [0.1, 0.15) is 75.1 Å². The van der Waals surface area contributed by atoms with E-state index in [-0.39, 0.29) is 36.4 Å². The molecule has 14 nitrogen and oxygen atoms in total. The fourth-order valence-electron chi connectivity index (χ4n) is 6.15. The third-order valence-corrected chi connectivity index (χ3v) is 9.81. The first-order chi connectivity index (χ1) is 22.2. The van der Waals surface area contributed by atoms with E-state index in [2.05, 4.69) is 30.0 Å². The standard InChI is InChI=1S/C32H43N9O5S/c1-7-47(44,45)33-16-25-29-35-27(19-40(29)17-20(2)34-25)36-30(42)23-10-11-26(24-18-38(6)37-28(23)24)39-14-12-22(13-15-39)41(21-8-9-21)31(43)46-32(3,4)5/h10-11,17-19,21-22,33H,7-9,12-16H2,1-6H3,(H,36,42). The maximum absolute atomic E-state index is 13.6. The van der Waals surface area contributed by atoms with Crippen molar-refractivity contribution in [2.45, 2.75) is 84.5 Å². The van der Waals surface area contributed by atoms with E-state index in [1.807, 2.05) is 51.9 Å². The maximum Gasteiger partial charge on any atom is 0.410 e. The van der Waals surface area contributed by atoms with Crippen molar-refractivity contribution in [3.05, 3.63) is 47.7 Å². The van der Waals surface area contributed by atoms with Crippen LogP contribution >= 0.6 is 0 Å². The van der Waals surface area contributed by atoms with Crippen LogP contribution in [-0.2, 0) is 28.4 Å². The van der Waals surface area contributed by atoms with Gasteiger partial charge in [0.2, 0.25) is 10.0 Å². The number of ether oxygens (including phenoxy) is 1. The number of hydrogen-bond acceptors (Lipinski definition) is 9. The highest BCUT2D eigenvalue weighted by molar-refractivity contribution is 7.89. The van der Waals surface area contributed by atoms with Gasteiger partial charge in [-0.1, -0.05) is 0 Å². The molecule has 0 atom stereocenters. The third-order valence-electron chi connectivity index (χ3n) is 8.46. The van der Waals surface area contributed by atoms with Gasteiger partial charge in [0, 0.05) is 55.7 Å². The number of aryl methyl sites for hydroxylation is 2. The molecule has 0 bridgehead atoms. The maximum atomic E-state index is 13.6. The Hall–Kier alpha value is -4.24. The van der Waals surface area contributed by atoms with Crippen molar-refractivity contribution in [1.82, 2.24) is 33.8 Å². The van der Waals surface area contributed by atoms with Crippen molar-refractivity contribution in [2.24, 2.45) is 7.05 Å². The molecule has 252 valence electrons. The van der Waals surface area contributed by atoms with Gasteiger partial charge in [-0.25, -0.2) is 22.9 Å². The lowest BCUT2D eigenvalue weighted by atomic mass is 10.0. The van der Waals surface area contributed by atoms with E-state index < -0.39 is 15.6 Å². The van der Waals surface area contributed by atoms with Crippen LogP contribution in [0.15, 0.2) is 30.7 Å². The Kier molecular flexibility index (Phi) is 8.63. The molecule has 0 radical (unpaired) electrons. The zero-order valence-corrected chi connectivity index (χ0v) is 28.6. The van der Waals surface area contributed by atoms with E-state index in [0.717, 1.165) is 49.8 Å². The van der Waals surface area contributed by atoms with E-state index in [4.69, 9.17) is 4.74 Å². The molecule has 2 aliphatic rings. The second kappa shape index (κ2) is 12.4. The summed E-state index contributed by atoms with van der Waals surface area (Å²) >= 11 is 0. The number of nitrogens with one attached hydrogen (secondary N) is 2. The van der Waals surface area contributed by atoms with Gasteiger partial charge < -0.3 is 24.3 Å². The summed E-state index contributed by atoms with van der Waals surface area (Å²) in [4.78, 5) is 40.0. The SMILES string of the molecule is CCS(=O)(=O)NCc1nc(C)cn2cc(NC(=O)c3ccc(N4CCC(N(C(=O)OC(C)(C)C)C5CC5)CC4)c4cn(C)nc34)nc12. The number of rotatable bonds is 9. The number of piperidine rings is 1. The molecule has 2 fully saturated rings. The number of carbonyl (C=O) groups excluding carboxylic acids is 2. The topological polar surface area (TPSA) is 156 Å². The molecule has 2 amide bonds. The third kappa shape index (κ3) is 7.20. The molecule has 0 spiro atoms. The lowest BCUT2D eigenvalue weighted by molar-refractivity contribution is 0.0113. The Balaban J connectivity index is 1.19. The van der Waals surface area contributed by atoms with Crippen LogP contribution in [-0.4, -0.2) is 86.0 Å². The first-order valence-electron chi connectivity index (χ1n) is 16.1. The average Bonchev–Trinajstić information content (AvgIpc) is 3.62. The van der Waals surface area contributed by atoms with Crippen LogP contribution in [0.25, 0.3) is 16.6 Å². The van der Waals surface area contributed by atoms with E-state index in [9.17, 15) is 18.0 Å². The largest absolute Gasteiger partial charge is 0.444 e. The summed E-state index contributed by atoms with van der Waals surface area (Å²) in [5, 5.41) is 8.40. The van der Waals surface area contributed by atoms with Gasteiger partial charge in [0.15, 0.2) is 11.5 Å². The number of imidazole rings is 1. The average molecular weight is 666 g/mol. The zero-order chi connectivity index (χ0) is 33.7. The molecule has 1 aliphatic carbocycles. The molecule has 47 heavy (non-hydrogen) atoms. The minimum Gasteiger partial charge on any atom is -0.444 e. The van der Waals surface area contributed by atoms with Crippen LogP contribution < -0.4 is 14.9 Å². The number of sulfonamides is 1. The molecule has 3 aromatic heterocycles. The molecule has 15 heteroatoms. The van der Waals surface area contributed by atoms with E-state index in [1.54, 1.807) is 34.5 Å². The summed E-state index contributed by atoms with van der Waals surface area (Å²) in [6, 6.07) is 4.13. The summed E-state index contributed by atoms with van der Waals surface area (Å²) in [6.07, 6.45) is 8.83. The van der Waals surface area contributed by atoms with Gasteiger partial charge >= 0.3 is 6.09 Å². The number of carbonyl (C=O) groups is 2. The summed E-state index contributed by atoms with van der Waals surface area (Å²) in [5.74, 6) is -0.100. The number of fused-ring (bicyclic) bond motifs is 2. The minimum atomic E-state index is -3.43. The number of nitrogens with zero attached hydrogens (tertiary/aromatic N) is 7. The second-order valence-corrected chi connectivity index (χ2v) is 15.5. The highest BCUT2D eigenvalue weighted by Crippen LogP contribution is 2.36. The van der Waals surface area contributed by atoms with E-state index in [1.165, 1.54) is 0 Å². The van der Waals surface area contributed by atoms with Crippen LogP contribution in [0.5, 0.6) is 0 Å². The Morgan fingerprint density at radius 1 is 1.04 bits per heavy atom. The lowest BCUT2D eigenvalue weighted by Gasteiger charge is -2.40. The van der Waals surface area contributed by atoms with Crippen LogP contribution in [0.4, 0.5) is 16.3 Å². The van der Waals surface area contributed by atoms with Gasteiger partial charge in [0.1, 0.15) is 11.1 Å². The molecule has 1 aromatic carbocycles. The van der Waals surface area contributed by atoms with Crippen molar-refractivity contribution in [1.29, 1.82) is 0 Å². The Morgan fingerprint density at radius 2 is 1.74 bits per heavy atom. The molecule has 1 aliphatic heterocycles. The van der Waals surface area contributed by atoms with Crippen molar-refractivity contribution < 1.29 is 22.7 Å². The van der Waals surface area contributed by atoms with Gasteiger partial charge in [-0.05, 0) is 72.4 Å². The van der Waals surface area contributed by atoms with E-state index in [0.29, 0.717) is 33.9 Å². The zero-order valence-electron chi connectivity index (χ0n) is 27.8. The molecule has 2 N–H and O–H groups in total. The predicted molar refractivity (Wildman–Crippen MR) is 179 cm³/mol. The van der Waals surface area contributed by atoms with Gasteiger partial charge in [0.25, 0.3) is 5.91 Å². The van der Waals surface area contributed by atoms with Crippen molar-refractivity contribution in [2.75, 3.05) is 29.1 Å². The molecule has 4 heterocycles. The number of benzene rings is 1. The highest BCUT2D eigenvalue weighted by Gasteiger charge is 2.41. The fourth-order valence-corrected chi connectivity index (χ4v) is 6.72. The first kappa shape index (κ1) is 32.7. The van der Waals surface area contributed by atoms with Gasteiger partial charge in [-0.15, -0.1) is 0 Å². The number of amides is 2. The summed E-state index contributed by atoms with van der Waals surface area (Å²) < 4.78 is 35.8. The smallest absolute Gasteiger partial charge is 0.410 e. The number of aromatic nitrogens is 5. The van der Waals surface area contributed by atoms with Crippen molar-refractivity contribution >= 4 is 50.1 Å². The molecule has 1 saturated heterocycles. The quantitative estimate of drug-likeness (QED) is 0.270. The first-order valence-corrected chi connectivity index (χ1v) is 17.7. The number of hydrogen-bond donors (Lipinski definition) is 2. The molecule has 4 aromatic rings. The van der Waals surface area contributed by atoms with Crippen LogP contribution in [0.2, 0.25) is 0 Å². The van der Waals surface area contributed by atoms with Gasteiger partial charge in [-0.3, -0.25) is 14.5 Å². The monoisotopic (exact) mass is 665 g/mol. The van der Waals surface area contributed by atoms with Crippen LogP contribution in [0, 0.1) is 6.92 Å². The summed E-state index contributed by atoms with van der Waals surface area (Å²) in [5.41, 5.74) is 3.02. The fraction of sp³-hybridized carbons (Fsp3) is 0.531. The molecular weight excluding hydrogens is 622 g/mol. The Morgan fingerprint density at radius 3 is 2.40 bits per heavy atom. The van der Waals surface area contributed by atoms with Crippen molar-refractivity contribution in [3.8, 4) is 0 Å². The Labute approximate surface area is 274 Å². The molecule has 0 unspecified atom stereocenters. The van der Waals surface area contributed by atoms with Gasteiger partial charge in [0.05, 0.1) is 35.4 Å². The Bertz CT molecular complexity index is 1930. The molecule has 1 saturated carbocycles. The second-order valence-electron chi connectivity index (χ2n) is 13.4. The van der Waals surface area contributed by atoms with Gasteiger partial charge in [-0.2, -0.15) is 5.10 Å². The molecule has 6 rings (SSSR count). The van der Waals surface area contributed by atoms with Crippen molar-refractivity contribution in [3.63, 3.8) is 0 Å². The summed E-state index contributed by atoms with van der Waals surface area (Å²) in [6.45, 7) is 10.6. The number of anilines is 2.